The van der Waals surface area contributed by atoms with Crippen LogP contribution < -0.4 is 10.6 Å². The molecule has 1 aromatic heterocycles. The van der Waals surface area contributed by atoms with Crippen LogP contribution in [0, 0.1) is 0 Å². The molecule has 26 heavy (non-hydrogen) atoms. The van der Waals surface area contributed by atoms with Crippen LogP contribution >= 0.6 is 0 Å². The molecule has 140 valence electrons. The lowest BCUT2D eigenvalue weighted by atomic mass is 10.0. The van der Waals surface area contributed by atoms with Crippen molar-refractivity contribution < 1.29 is 9.47 Å². The van der Waals surface area contributed by atoms with Crippen LogP contribution in [0.1, 0.15) is 32.4 Å². The van der Waals surface area contributed by atoms with Gasteiger partial charge in [0.1, 0.15) is 5.82 Å². The third-order valence-corrected chi connectivity index (χ3v) is 4.70. The fourth-order valence-corrected chi connectivity index (χ4v) is 3.10. The van der Waals surface area contributed by atoms with E-state index < -0.39 is 0 Å². The first-order valence-electron chi connectivity index (χ1n) is 9.13. The topological polar surface area (TPSA) is 67.8 Å². The zero-order valence-electron chi connectivity index (χ0n) is 15.6. The molecule has 2 atom stereocenters. The molecule has 6 nitrogen and oxygen atoms in total. The summed E-state index contributed by atoms with van der Waals surface area (Å²) in [5.74, 6) is 0.767. The molecule has 0 amide bonds. The monoisotopic (exact) mass is 356 g/mol. The van der Waals surface area contributed by atoms with Gasteiger partial charge < -0.3 is 20.1 Å². The molecule has 0 saturated carbocycles. The maximum atomic E-state index is 5.59. The second-order valence-electron chi connectivity index (χ2n) is 7.07. The smallest absolute Gasteiger partial charge is 0.150 e. The summed E-state index contributed by atoms with van der Waals surface area (Å²) in [5, 5.41) is 7.10. The Balaban J connectivity index is 1.91. The zero-order valence-corrected chi connectivity index (χ0v) is 15.6. The van der Waals surface area contributed by atoms with E-state index in [9.17, 15) is 0 Å². The summed E-state index contributed by atoms with van der Waals surface area (Å²) >= 11 is 0. The molecule has 2 aliphatic heterocycles. The summed E-state index contributed by atoms with van der Waals surface area (Å²) in [6, 6.07) is 6.10. The second-order valence-corrected chi connectivity index (χ2v) is 7.07. The summed E-state index contributed by atoms with van der Waals surface area (Å²) < 4.78 is 11.1. The lowest BCUT2D eigenvalue weighted by Crippen LogP contribution is -2.43. The molecule has 0 spiro atoms. The van der Waals surface area contributed by atoms with Crippen molar-refractivity contribution in [3.8, 4) is 0 Å². The van der Waals surface area contributed by atoms with Gasteiger partial charge in [0.05, 0.1) is 41.9 Å². The van der Waals surface area contributed by atoms with E-state index in [1.54, 1.807) is 6.20 Å². The summed E-state index contributed by atoms with van der Waals surface area (Å²) in [4.78, 5) is 9.26. The molecule has 3 heterocycles. The predicted octanol–water partition coefficient (Wildman–Crippen LogP) is 2.39. The van der Waals surface area contributed by atoms with Crippen molar-refractivity contribution in [2.45, 2.75) is 38.3 Å². The van der Waals surface area contributed by atoms with Gasteiger partial charge in [-0.25, -0.2) is 4.99 Å². The second kappa shape index (κ2) is 8.47. The average molecular weight is 356 g/mol. The van der Waals surface area contributed by atoms with Gasteiger partial charge in [0, 0.05) is 19.4 Å². The molecule has 2 N–H and O–H groups in total. The van der Waals surface area contributed by atoms with Crippen LogP contribution in [0.2, 0.25) is 0 Å². The average Bonchev–Trinajstić information content (AvgIpc) is 3.32. The van der Waals surface area contributed by atoms with Crippen molar-refractivity contribution in [1.29, 1.82) is 0 Å². The van der Waals surface area contributed by atoms with E-state index in [1.165, 1.54) is 0 Å². The first-order valence-corrected chi connectivity index (χ1v) is 9.13. The highest BCUT2D eigenvalue weighted by Crippen LogP contribution is 2.21. The van der Waals surface area contributed by atoms with Crippen LogP contribution in [0.4, 0.5) is 0 Å². The van der Waals surface area contributed by atoms with E-state index in [0.717, 1.165) is 49.0 Å². The van der Waals surface area contributed by atoms with Crippen molar-refractivity contribution in [3.05, 3.63) is 54.3 Å². The number of nitrogens with zero attached hydrogens (tertiary/aromatic N) is 2. The maximum absolute atomic E-state index is 5.59. The molecule has 0 bridgehead atoms. The van der Waals surface area contributed by atoms with Gasteiger partial charge in [0.2, 0.25) is 0 Å². The van der Waals surface area contributed by atoms with Crippen LogP contribution in [-0.4, -0.2) is 48.7 Å². The number of aliphatic imine (C=N–C) groups is 1. The Morgan fingerprint density at radius 3 is 2.88 bits per heavy atom. The highest BCUT2D eigenvalue weighted by molar-refractivity contribution is 5.97. The Bertz CT molecular complexity index is 672. The number of hydrogen-bond donors (Lipinski definition) is 2. The first kappa shape index (κ1) is 18.6. The van der Waals surface area contributed by atoms with Gasteiger partial charge in [0.25, 0.3) is 0 Å². The molecular weight excluding hydrogens is 328 g/mol. The van der Waals surface area contributed by atoms with Crippen LogP contribution in [0.5, 0.6) is 0 Å². The molecular formula is C20H28N4O2. The molecule has 0 aromatic carbocycles. The fraction of sp³-hybridized carbons (Fsp3) is 0.500. The maximum Gasteiger partial charge on any atom is 0.150 e. The van der Waals surface area contributed by atoms with Gasteiger partial charge >= 0.3 is 0 Å². The number of ether oxygens (including phenoxy) is 2. The third-order valence-electron chi connectivity index (χ3n) is 4.70. The quantitative estimate of drug-likeness (QED) is 0.580. The van der Waals surface area contributed by atoms with E-state index in [4.69, 9.17) is 14.5 Å². The minimum absolute atomic E-state index is 0.147. The zero-order chi connectivity index (χ0) is 18.4. The molecule has 2 saturated heterocycles. The molecule has 1 aromatic rings. The van der Waals surface area contributed by atoms with E-state index in [1.807, 2.05) is 31.2 Å². The third kappa shape index (κ3) is 4.71. The minimum atomic E-state index is -0.147. The van der Waals surface area contributed by atoms with Crippen molar-refractivity contribution in [2.75, 3.05) is 26.4 Å². The highest BCUT2D eigenvalue weighted by atomic mass is 16.5. The Hall–Kier alpha value is -2.18. The van der Waals surface area contributed by atoms with Gasteiger partial charge in [-0.1, -0.05) is 12.6 Å². The number of rotatable bonds is 7. The van der Waals surface area contributed by atoms with E-state index in [0.29, 0.717) is 13.2 Å². The standard InChI is InChI=1S/C20H28N4O2/c1-4-17(23-16-8-11-25-13-16)19(24-20(3)9-12-26-14-20)22-15(2)18-7-5-6-10-21-18/h4-7,10,16,23-24H,1,8-9,11-14H2,2-3H3/b19-17-,22-15?. The minimum Gasteiger partial charge on any atom is -0.379 e. The SMILES string of the molecule is C=C/C(NC1CCOC1)=C(\N=C(C)c1ccccn1)NC1(C)CCOC1. The highest BCUT2D eigenvalue weighted by Gasteiger charge is 2.31. The summed E-state index contributed by atoms with van der Waals surface area (Å²) in [5.41, 5.74) is 2.43. The van der Waals surface area contributed by atoms with Crippen LogP contribution in [0.3, 0.4) is 0 Å². The normalized spacial score (nSPS) is 27.2. The summed E-state index contributed by atoms with van der Waals surface area (Å²) in [7, 11) is 0. The van der Waals surface area contributed by atoms with E-state index in [2.05, 4.69) is 29.1 Å². The van der Waals surface area contributed by atoms with E-state index in [-0.39, 0.29) is 11.6 Å². The van der Waals surface area contributed by atoms with Gasteiger partial charge in [0.15, 0.2) is 0 Å². The van der Waals surface area contributed by atoms with Crippen LogP contribution in [-0.2, 0) is 9.47 Å². The van der Waals surface area contributed by atoms with E-state index >= 15 is 0 Å². The van der Waals surface area contributed by atoms with Gasteiger partial charge in [-0.05, 0) is 44.9 Å². The molecule has 2 unspecified atom stereocenters. The Morgan fingerprint density at radius 2 is 2.27 bits per heavy atom. The van der Waals surface area contributed by atoms with Gasteiger partial charge in [-0.3, -0.25) is 4.98 Å². The number of pyridine rings is 1. The lowest BCUT2D eigenvalue weighted by Gasteiger charge is -2.27. The number of aromatic nitrogens is 1. The largest absolute Gasteiger partial charge is 0.379 e. The first-order chi connectivity index (χ1) is 12.6. The predicted molar refractivity (Wildman–Crippen MR) is 103 cm³/mol. The van der Waals surface area contributed by atoms with Crippen LogP contribution in [0.25, 0.3) is 0 Å². The molecule has 2 aliphatic rings. The number of allylic oxidation sites excluding steroid dienone is 1. The van der Waals surface area contributed by atoms with Gasteiger partial charge in [-0.15, -0.1) is 0 Å². The Kier molecular flexibility index (Phi) is 6.06. The molecule has 0 radical (unpaired) electrons. The van der Waals surface area contributed by atoms with Crippen molar-refractivity contribution in [2.24, 2.45) is 4.99 Å². The number of hydrogen-bond acceptors (Lipinski definition) is 6. The number of nitrogens with one attached hydrogen (secondary N) is 2. The Morgan fingerprint density at radius 1 is 1.38 bits per heavy atom. The molecule has 0 aliphatic carbocycles. The molecule has 2 fully saturated rings. The molecule has 6 heteroatoms. The fourth-order valence-electron chi connectivity index (χ4n) is 3.10. The van der Waals surface area contributed by atoms with Gasteiger partial charge in [-0.2, -0.15) is 0 Å². The van der Waals surface area contributed by atoms with Crippen molar-refractivity contribution >= 4 is 5.71 Å². The van der Waals surface area contributed by atoms with Crippen molar-refractivity contribution in [1.82, 2.24) is 15.6 Å². The van der Waals surface area contributed by atoms with Crippen molar-refractivity contribution in [3.63, 3.8) is 0 Å². The summed E-state index contributed by atoms with van der Waals surface area (Å²) in [6.45, 7) is 11.0. The van der Waals surface area contributed by atoms with Crippen LogP contribution in [0.15, 0.2) is 53.6 Å². The Labute approximate surface area is 155 Å². The summed E-state index contributed by atoms with van der Waals surface area (Å²) in [6.07, 6.45) is 5.51. The molecule has 3 rings (SSSR count). The lowest BCUT2D eigenvalue weighted by molar-refractivity contribution is 0.174.